The van der Waals surface area contributed by atoms with E-state index in [1.807, 2.05) is 0 Å². The van der Waals surface area contributed by atoms with Crippen molar-refractivity contribution in [3.8, 4) is 0 Å². The van der Waals surface area contributed by atoms with E-state index in [4.69, 9.17) is 0 Å². The van der Waals surface area contributed by atoms with Crippen LogP contribution in [-0.4, -0.2) is 35.7 Å². The summed E-state index contributed by atoms with van der Waals surface area (Å²) in [7, 11) is 0. The molecule has 2 heteroatoms. The lowest BCUT2D eigenvalue weighted by Gasteiger charge is -2.34. The first-order valence-electron chi connectivity index (χ1n) is 4.68. The van der Waals surface area contributed by atoms with Crippen molar-refractivity contribution in [3.05, 3.63) is 0 Å². The maximum atomic E-state index is 9.56. The van der Waals surface area contributed by atoms with Crippen LogP contribution in [0, 0.1) is 5.92 Å². The second kappa shape index (κ2) is 4.07. The molecule has 1 aliphatic rings. The minimum atomic E-state index is -0.0391. The first kappa shape index (κ1) is 9.01. The summed E-state index contributed by atoms with van der Waals surface area (Å²) in [6.45, 7) is 7.64. The number of aliphatic hydroxyl groups excluding tert-OH is 1. The van der Waals surface area contributed by atoms with Crippen molar-refractivity contribution in [2.45, 2.75) is 32.8 Å². The molecule has 0 aromatic heterocycles. The van der Waals surface area contributed by atoms with Gasteiger partial charge in [0, 0.05) is 13.1 Å². The number of nitrogens with zero attached hydrogens (tertiary/aromatic N) is 1. The molecule has 2 atom stereocenters. The Morgan fingerprint density at radius 3 is 2.73 bits per heavy atom. The molecule has 66 valence electrons. The standard InChI is InChI=1S/C9H19NO/c1-3-8-7-10(4-2)6-5-9(8)11/h8-9,11H,3-7H2,1-2H3/t8-,9+/m1/s1. The van der Waals surface area contributed by atoms with Crippen LogP contribution in [0.3, 0.4) is 0 Å². The molecule has 1 saturated heterocycles. The number of likely N-dealkylation sites (tertiary alicyclic amines) is 1. The molecule has 0 bridgehead atoms. The minimum Gasteiger partial charge on any atom is -0.393 e. The Morgan fingerprint density at radius 2 is 2.18 bits per heavy atom. The number of rotatable bonds is 2. The number of aliphatic hydroxyl groups is 1. The summed E-state index contributed by atoms with van der Waals surface area (Å²) in [5, 5.41) is 9.56. The van der Waals surface area contributed by atoms with Gasteiger partial charge in [-0.2, -0.15) is 0 Å². The lowest BCUT2D eigenvalue weighted by molar-refractivity contribution is 0.0272. The average molecular weight is 157 g/mol. The molecule has 0 aromatic rings. The van der Waals surface area contributed by atoms with Gasteiger partial charge in [-0.1, -0.05) is 13.8 Å². The van der Waals surface area contributed by atoms with Gasteiger partial charge in [0.05, 0.1) is 6.10 Å². The van der Waals surface area contributed by atoms with Gasteiger partial charge in [-0.3, -0.25) is 0 Å². The highest BCUT2D eigenvalue weighted by Crippen LogP contribution is 2.19. The smallest absolute Gasteiger partial charge is 0.0592 e. The van der Waals surface area contributed by atoms with Crippen LogP contribution in [0.4, 0.5) is 0 Å². The zero-order valence-electron chi connectivity index (χ0n) is 7.58. The molecule has 0 aromatic carbocycles. The fourth-order valence-electron chi connectivity index (χ4n) is 1.78. The third-order valence-corrected chi connectivity index (χ3v) is 2.75. The third kappa shape index (κ3) is 2.17. The van der Waals surface area contributed by atoms with Gasteiger partial charge >= 0.3 is 0 Å². The summed E-state index contributed by atoms with van der Waals surface area (Å²) >= 11 is 0. The number of hydrogen-bond donors (Lipinski definition) is 1. The van der Waals surface area contributed by atoms with E-state index in [0.29, 0.717) is 5.92 Å². The van der Waals surface area contributed by atoms with Gasteiger partial charge in [-0.15, -0.1) is 0 Å². The van der Waals surface area contributed by atoms with Crippen molar-refractivity contribution >= 4 is 0 Å². The van der Waals surface area contributed by atoms with E-state index in [-0.39, 0.29) is 6.10 Å². The molecule has 1 aliphatic heterocycles. The van der Waals surface area contributed by atoms with Crippen molar-refractivity contribution in [2.75, 3.05) is 19.6 Å². The maximum Gasteiger partial charge on any atom is 0.0592 e. The van der Waals surface area contributed by atoms with Crippen molar-refractivity contribution in [3.63, 3.8) is 0 Å². The molecular weight excluding hydrogens is 138 g/mol. The minimum absolute atomic E-state index is 0.0391. The Kier molecular flexibility index (Phi) is 3.34. The number of piperidine rings is 1. The molecular formula is C9H19NO. The lowest BCUT2D eigenvalue weighted by atomic mass is 9.92. The van der Waals surface area contributed by atoms with Crippen LogP contribution in [-0.2, 0) is 0 Å². The topological polar surface area (TPSA) is 23.5 Å². The molecule has 11 heavy (non-hydrogen) atoms. The SMILES string of the molecule is CC[C@@H]1CN(CC)CC[C@@H]1O. The molecule has 0 aliphatic carbocycles. The highest BCUT2D eigenvalue weighted by Gasteiger charge is 2.24. The van der Waals surface area contributed by atoms with Crippen LogP contribution in [0.2, 0.25) is 0 Å². The van der Waals surface area contributed by atoms with Crippen LogP contribution in [0.25, 0.3) is 0 Å². The zero-order chi connectivity index (χ0) is 8.27. The van der Waals surface area contributed by atoms with Crippen molar-refractivity contribution in [1.82, 2.24) is 4.90 Å². The van der Waals surface area contributed by atoms with E-state index < -0.39 is 0 Å². The molecule has 1 heterocycles. The second-order valence-corrected chi connectivity index (χ2v) is 3.42. The fourth-order valence-corrected chi connectivity index (χ4v) is 1.78. The van der Waals surface area contributed by atoms with Crippen molar-refractivity contribution < 1.29 is 5.11 Å². The summed E-state index contributed by atoms with van der Waals surface area (Å²) in [6.07, 6.45) is 2.03. The van der Waals surface area contributed by atoms with Gasteiger partial charge in [-0.05, 0) is 25.3 Å². The summed E-state index contributed by atoms with van der Waals surface area (Å²) in [5.74, 6) is 0.517. The molecule has 1 fully saturated rings. The Balaban J connectivity index is 2.37. The van der Waals surface area contributed by atoms with E-state index in [1.165, 1.54) is 0 Å². The predicted molar refractivity (Wildman–Crippen MR) is 46.5 cm³/mol. The monoisotopic (exact) mass is 157 g/mol. The fraction of sp³-hybridized carbons (Fsp3) is 1.00. The maximum absolute atomic E-state index is 9.56. The summed E-state index contributed by atoms with van der Waals surface area (Å²) in [5.41, 5.74) is 0. The van der Waals surface area contributed by atoms with E-state index in [9.17, 15) is 5.11 Å². The average Bonchev–Trinajstić information content (AvgIpc) is 2.05. The molecule has 0 unspecified atom stereocenters. The van der Waals surface area contributed by atoms with Crippen LogP contribution in [0.1, 0.15) is 26.7 Å². The Bertz CT molecular complexity index is 116. The largest absolute Gasteiger partial charge is 0.393 e. The predicted octanol–water partition coefficient (Wildman–Crippen LogP) is 1.10. The van der Waals surface area contributed by atoms with Gasteiger partial charge in [0.1, 0.15) is 0 Å². The molecule has 2 nitrogen and oxygen atoms in total. The zero-order valence-corrected chi connectivity index (χ0v) is 7.58. The van der Waals surface area contributed by atoms with Crippen molar-refractivity contribution in [1.29, 1.82) is 0 Å². The van der Waals surface area contributed by atoms with E-state index in [2.05, 4.69) is 18.7 Å². The van der Waals surface area contributed by atoms with Crippen LogP contribution in [0.15, 0.2) is 0 Å². The summed E-state index contributed by atoms with van der Waals surface area (Å²) in [4.78, 5) is 2.42. The van der Waals surface area contributed by atoms with E-state index >= 15 is 0 Å². The Hall–Kier alpha value is -0.0800. The van der Waals surface area contributed by atoms with Crippen molar-refractivity contribution in [2.24, 2.45) is 5.92 Å². The second-order valence-electron chi connectivity index (χ2n) is 3.42. The van der Waals surface area contributed by atoms with Gasteiger partial charge in [0.15, 0.2) is 0 Å². The van der Waals surface area contributed by atoms with Gasteiger partial charge in [0.25, 0.3) is 0 Å². The van der Waals surface area contributed by atoms with Crippen LogP contribution in [0.5, 0.6) is 0 Å². The van der Waals surface area contributed by atoms with Gasteiger partial charge in [-0.25, -0.2) is 0 Å². The molecule has 1 rings (SSSR count). The normalized spacial score (nSPS) is 34.1. The highest BCUT2D eigenvalue weighted by atomic mass is 16.3. The van der Waals surface area contributed by atoms with E-state index in [1.54, 1.807) is 0 Å². The summed E-state index contributed by atoms with van der Waals surface area (Å²) in [6, 6.07) is 0. The van der Waals surface area contributed by atoms with E-state index in [0.717, 1.165) is 32.5 Å². The van der Waals surface area contributed by atoms with Crippen LogP contribution >= 0.6 is 0 Å². The first-order valence-corrected chi connectivity index (χ1v) is 4.68. The molecule has 0 radical (unpaired) electrons. The highest BCUT2D eigenvalue weighted by molar-refractivity contribution is 4.78. The number of hydrogen-bond acceptors (Lipinski definition) is 2. The van der Waals surface area contributed by atoms with Gasteiger partial charge < -0.3 is 10.0 Å². The Labute approximate surface area is 69.2 Å². The molecule has 0 saturated carbocycles. The quantitative estimate of drug-likeness (QED) is 0.649. The van der Waals surface area contributed by atoms with Crippen LogP contribution < -0.4 is 0 Å². The molecule has 0 spiro atoms. The lowest BCUT2D eigenvalue weighted by Crippen LogP contribution is -2.42. The Morgan fingerprint density at radius 1 is 1.45 bits per heavy atom. The summed E-state index contributed by atoms with van der Waals surface area (Å²) < 4.78 is 0. The molecule has 1 N–H and O–H groups in total. The molecule has 0 amide bonds. The van der Waals surface area contributed by atoms with Gasteiger partial charge in [0.2, 0.25) is 0 Å². The first-order chi connectivity index (χ1) is 5.27. The third-order valence-electron chi connectivity index (χ3n) is 2.75.